The first-order chi connectivity index (χ1) is 8.06. The molecule has 0 aliphatic rings. The summed E-state index contributed by atoms with van der Waals surface area (Å²) in [5.74, 6) is 0.637. The number of rotatable bonds is 11. The number of aliphatic hydroxyl groups excluding tert-OH is 1. The van der Waals surface area contributed by atoms with Crippen LogP contribution in [0, 0.1) is 5.92 Å². The molecular formula is C13H30N2O2. The van der Waals surface area contributed by atoms with Gasteiger partial charge in [0.2, 0.25) is 0 Å². The molecule has 0 amide bonds. The van der Waals surface area contributed by atoms with Crippen LogP contribution >= 0.6 is 0 Å². The first-order valence-electron chi connectivity index (χ1n) is 6.74. The van der Waals surface area contributed by atoms with Gasteiger partial charge in [-0.25, -0.2) is 0 Å². The summed E-state index contributed by atoms with van der Waals surface area (Å²) in [5.41, 5.74) is 0. The van der Waals surface area contributed by atoms with Crippen LogP contribution in [-0.4, -0.2) is 56.1 Å². The summed E-state index contributed by atoms with van der Waals surface area (Å²) in [5, 5.41) is 12.9. The molecule has 0 aliphatic heterocycles. The Morgan fingerprint density at radius 3 is 2.53 bits per heavy atom. The summed E-state index contributed by atoms with van der Waals surface area (Å²) in [7, 11) is 2.04. The van der Waals surface area contributed by atoms with Gasteiger partial charge in [0.05, 0.1) is 0 Å². The van der Waals surface area contributed by atoms with Crippen LogP contribution in [0.15, 0.2) is 0 Å². The zero-order valence-corrected chi connectivity index (χ0v) is 11.9. The first-order valence-corrected chi connectivity index (χ1v) is 6.74. The normalized spacial score (nSPS) is 13.6. The van der Waals surface area contributed by atoms with Crippen molar-refractivity contribution in [3.63, 3.8) is 0 Å². The van der Waals surface area contributed by atoms with Crippen molar-refractivity contribution in [2.24, 2.45) is 5.92 Å². The van der Waals surface area contributed by atoms with Crippen molar-refractivity contribution < 1.29 is 9.84 Å². The van der Waals surface area contributed by atoms with E-state index >= 15 is 0 Å². The summed E-state index contributed by atoms with van der Waals surface area (Å²) in [6.07, 6.45) is 1.67. The standard InChI is InChI=1S/C13H30N2O2/c1-5-17-9-7-6-8-14-13(16)11-15(4)10-12(2)3/h12-14,16H,5-11H2,1-4H3. The highest BCUT2D eigenvalue weighted by Crippen LogP contribution is 1.96. The largest absolute Gasteiger partial charge is 0.382 e. The summed E-state index contributed by atoms with van der Waals surface area (Å²) >= 11 is 0. The minimum absolute atomic E-state index is 0.425. The van der Waals surface area contributed by atoms with E-state index in [1.165, 1.54) is 0 Å². The molecule has 0 aliphatic carbocycles. The monoisotopic (exact) mass is 246 g/mol. The second kappa shape index (κ2) is 11.0. The minimum Gasteiger partial charge on any atom is -0.382 e. The average molecular weight is 246 g/mol. The van der Waals surface area contributed by atoms with Crippen LogP contribution in [0.25, 0.3) is 0 Å². The Bertz CT molecular complexity index is 165. The zero-order valence-electron chi connectivity index (χ0n) is 11.9. The van der Waals surface area contributed by atoms with E-state index in [9.17, 15) is 5.11 Å². The molecular weight excluding hydrogens is 216 g/mol. The Morgan fingerprint density at radius 1 is 1.24 bits per heavy atom. The van der Waals surface area contributed by atoms with Gasteiger partial charge in [0.15, 0.2) is 0 Å². The van der Waals surface area contributed by atoms with Crippen molar-refractivity contribution in [2.45, 2.75) is 39.8 Å². The van der Waals surface area contributed by atoms with E-state index in [1.807, 2.05) is 14.0 Å². The Kier molecular flexibility index (Phi) is 10.9. The van der Waals surface area contributed by atoms with E-state index in [0.717, 1.165) is 39.1 Å². The van der Waals surface area contributed by atoms with Gasteiger partial charge in [0, 0.05) is 26.3 Å². The Labute approximate surface area is 106 Å². The molecule has 0 saturated carbocycles. The van der Waals surface area contributed by atoms with Crippen molar-refractivity contribution in [2.75, 3.05) is 39.9 Å². The van der Waals surface area contributed by atoms with Gasteiger partial charge >= 0.3 is 0 Å². The molecule has 0 radical (unpaired) electrons. The molecule has 0 aromatic rings. The van der Waals surface area contributed by atoms with Crippen molar-refractivity contribution in [3.8, 4) is 0 Å². The van der Waals surface area contributed by atoms with Crippen LogP contribution in [0.3, 0.4) is 0 Å². The Hall–Kier alpha value is -0.160. The van der Waals surface area contributed by atoms with Crippen molar-refractivity contribution >= 4 is 0 Å². The van der Waals surface area contributed by atoms with Crippen LogP contribution in [-0.2, 0) is 4.74 Å². The maximum Gasteiger partial charge on any atom is 0.117 e. The SMILES string of the molecule is CCOCCCCNC(O)CN(C)CC(C)C. The number of aliphatic hydroxyl groups is 1. The number of hydrogen-bond donors (Lipinski definition) is 2. The topological polar surface area (TPSA) is 44.7 Å². The van der Waals surface area contributed by atoms with Gasteiger partial charge in [-0.1, -0.05) is 13.8 Å². The molecule has 0 heterocycles. The van der Waals surface area contributed by atoms with Gasteiger partial charge in [-0.05, 0) is 39.3 Å². The Morgan fingerprint density at radius 2 is 1.94 bits per heavy atom. The maximum absolute atomic E-state index is 9.75. The highest BCUT2D eigenvalue weighted by atomic mass is 16.5. The van der Waals surface area contributed by atoms with Gasteiger partial charge in [-0.2, -0.15) is 0 Å². The van der Waals surface area contributed by atoms with Crippen LogP contribution in [0.5, 0.6) is 0 Å². The van der Waals surface area contributed by atoms with Crippen LogP contribution < -0.4 is 5.32 Å². The third-order valence-corrected chi connectivity index (χ3v) is 2.46. The first kappa shape index (κ1) is 16.8. The second-order valence-electron chi connectivity index (χ2n) is 4.99. The molecule has 2 N–H and O–H groups in total. The molecule has 1 unspecified atom stereocenters. The summed E-state index contributed by atoms with van der Waals surface area (Å²) in [4.78, 5) is 2.16. The minimum atomic E-state index is -0.425. The van der Waals surface area contributed by atoms with E-state index in [-0.39, 0.29) is 0 Å². The molecule has 0 aromatic heterocycles. The summed E-state index contributed by atoms with van der Waals surface area (Å²) < 4.78 is 5.25. The number of nitrogens with one attached hydrogen (secondary N) is 1. The molecule has 0 rings (SSSR count). The lowest BCUT2D eigenvalue weighted by Crippen LogP contribution is -2.40. The third kappa shape index (κ3) is 12.1. The Balaban J connectivity index is 3.36. The third-order valence-electron chi connectivity index (χ3n) is 2.46. The van der Waals surface area contributed by atoms with Crippen LogP contribution in [0.1, 0.15) is 33.6 Å². The van der Waals surface area contributed by atoms with E-state index < -0.39 is 6.23 Å². The zero-order chi connectivity index (χ0) is 13.1. The second-order valence-corrected chi connectivity index (χ2v) is 4.99. The number of hydrogen-bond acceptors (Lipinski definition) is 4. The quantitative estimate of drug-likeness (QED) is 0.426. The lowest BCUT2D eigenvalue weighted by Gasteiger charge is -2.22. The van der Waals surface area contributed by atoms with E-state index in [1.54, 1.807) is 0 Å². The van der Waals surface area contributed by atoms with Crippen molar-refractivity contribution in [1.82, 2.24) is 10.2 Å². The molecule has 4 nitrogen and oxygen atoms in total. The van der Waals surface area contributed by atoms with Crippen molar-refractivity contribution in [3.05, 3.63) is 0 Å². The fraction of sp³-hybridized carbons (Fsp3) is 1.00. The predicted octanol–water partition coefficient (Wildman–Crippen LogP) is 1.30. The molecule has 4 heteroatoms. The lowest BCUT2D eigenvalue weighted by molar-refractivity contribution is 0.0893. The highest BCUT2D eigenvalue weighted by Gasteiger charge is 2.08. The van der Waals surface area contributed by atoms with E-state index in [2.05, 4.69) is 24.1 Å². The van der Waals surface area contributed by atoms with E-state index in [4.69, 9.17) is 4.74 Å². The fourth-order valence-electron chi connectivity index (χ4n) is 1.80. The van der Waals surface area contributed by atoms with E-state index in [0.29, 0.717) is 12.5 Å². The molecule has 0 fully saturated rings. The van der Waals surface area contributed by atoms with Gasteiger partial charge in [0.25, 0.3) is 0 Å². The fourth-order valence-corrected chi connectivity index (χ4v) is 1.80. The molecule has 0 bridgehead atoms. The molecule has 0 aromatic carbocycles. The average Bonchev–Trinajstić information content (AvgIpc) is 2.21. The highest BCUT2D eigenvalue weighted by molar-refractivity contribution is 4.61. The number of unbranched alkanes of at least 4 members (excludes halogenated alkanes) is 1. The molecule has 0 spiro atoms. The molecule has 0 saturated heterocycles. The predicted molar refractivity (Wildman–Crippen MR) is 72.1 cm³/mol. The number of likely N-dealkylation sites (N-methyl/N-ethyl adjacent to an activating group) is 1. The summed E-state index contributed by atoms with van der Waals surface area (Å²) in [6, 6.07) is 0. The number of ether oxygens (including phenoxy) is 1. The van der Waals surface area contributed by atoms with Gasteiger partial charge in [-0.3, -0.25) is 5.32 Å². The van der Waals surface area contributed by atoms with Crippen molar-refractivity contribution in [1.29, 1.82) is 0 Å². The maximum atomic E-state index is 9.75. The van der Waals surface area contributed by atoms with Crippen LogP contribution in [0.4, 0.5) is 0 Å². The number of nitrogens with zero attached hydrogens (tertiary/aromatic N) is 1. The van der Waals surface area contributed by atoms with Gasteiger partial charge in [-0.15, -0.1) is 0 Å². The summed E-state index contributed by atoms with van der Waals surface area (Å²) in [6.45, 7) is 10.5. The lowest BCUT2D eigenvalue weighted by atomic mass is 10.2. The molecule has 1 atom stereocenters. The molecule has 104 valence electrons. The van der Waals surface area contributed by atoms with Gasteiger partial charge in [0.1, 0.15) is 6.23 Å². The van der Waals surface area contributed by atoms with Gasteiger partial charge < -0.3 is 14.7 Å². The van der Waals surface area contributed by atoms with Crippen LogP contribution in [0.2, 0.25) is 0 Å². The smallest absolute Gasteiger partial charge is 0.117 e. The molecule has 17 heavy (non-hydrogen) atoms.